The maximum atomic E-state index is 6.09. The van der Waals surface area contributed by atoms with Crippen LogP contribution in [-0.2, 0) is 17.8 Å². The molecule has 1 aliphatic heterocycles. The first-order valence-electron chi connectivity index (χ1n) is 8.31. The molecular weight excluding hydrogens is 322 g/mol. The lowest BCUT2D eigenvalue weighted by atomic mass is 10.1. The zero-order valence-corrected chi connectivity index (χ0v) is 15.1. The van der Waals surface area contributed by atoms with Gasteiger partial charge >= 0.3 is 0 Å². The zero-order valence-electron chi connectivity index (χ0n) is 14.3. The van der Waals surface area contributed by atoms with Gasteiger partial charge in [-0.05, 0) is 37.6 Å². The Morgan fingerprint density at radius 1 is 1.33 bits per heavy atom. The van der Waals surface area contributed by atoms with Crippen LogP contribution in [0.5, 0.6) is 5.75 Å². The largest absolute Gasteiger partial charge is 0.497 e. The van der Waals surface area contributed by atoms with Crippen LogP contribution in [0.15, 0.2) is 24.3 Å². The number of hydrogen-bond donors (Lipinski definition) is 1. The molecule has 2 heterocycles. The predicted octanol–water partition coefficient (Wildman–Crippen LogP) is 2.94. The average molecular weight is 347 g/mol. The standard InChI is InChI=1S/C18H25N3O2S/c1-21-8-6-14(7-9-21)23-12-16-17(24-18(19)20-16)11-13-4-3-5-15(10-13)22-2/h3-5,10,14H,6-9,11-12H2,1-2H3,(H2,19,20). The Balaban J connectivity index is 1.64. The van der Waals surface area contributed by atoms with Gasteiger partial charge in [0.15, 0.2) is 5.13 Å². The van der Waals surface area contributed by atoms with E-state index in [0.717, 1.165) is 43.8 Å². The molecule has 1 aromatic heterocycles. The third-order valence-electron chi connectivity index (χ3n) is 4.41. The summed E-state index contributed by atoms with van der Waals surface area (Å²) in [4.78, 5) is 8.00. The minimum absolute atomic E-state index is 0.328. The van der Waals surface area contributed by atoms with Crippen molar-refractivity contribution >= 4 is 16.5 Å². The van der Waals surface area contributed by atoms with Crippen LogP contribution in [0, 0.1) is 0 Å². The van der Waals surface area contributed by atoms with E-state index in [1.807, 2.05) is 12.1 Å². The average Bonchev–Trinajstić information content (AvgIpc) is 2.94. The number of aromatic nitrogens is 1. The summed E-state index contributed by atoms with van der Waals surface area (Å²) in [5, 5.41) is 0.606. The van der Waals surface area contributed by atoms with E-state index in [9.17, 15) is 0 Å². The summed E-state index contributed by atoms with van der Waals surface area (Å²) in [6.45, 7) is 2.74. The number of piperidine rings is 1. The summed E-state index contributed by atoms with van der Waals surface area (Å²) in [7, 11) is 3.84. The van der Waals surface area contributed by atoms with Crippen molar-refractivity contribution in [3.8, 4) is 5.75 Å². The molecule has 0 aliphatic carbocycles. The molecule has 1 saturated heterocycles. The van der Waals surface area contributed by atoms with Gasteiger partial charge in [0.05, 0.1) is 25.5 Å². The first-order valence-corrected chi connectivity index (χ1v) is 9.13. The highest BCUT2D eigenvalue weighted by Crippen LogP contribution is 2.26. The smallest absolute Gasteiger partial charge is 0.180 e. The number of thiazole rings is 1. The number of anilines is 1. The Morgan fingerprint density at radius 3 is 2.88 bits per heavy atom. The van der Waals surface area contributed by atoms with Crippen molar-refractivity contribution < 1.29 is 9.47 Å². The highest BCUT2D eigenvalue weighted by molar-refractivity contribution is 7.15. The topological polar surface area (TPSA) is 60.6 Å². The molecule has 0 amide bonds. The molecule has 2 aromatic rings. The molecule has 0 radical (unpaired) electrons. The lowest BCUT2D eigenvalue weighted by Gasteiger charge is -2.28. The molecule has 0 atom stereocenters. The van der Waals surface area contributed by atoms with Crippen molar-refractivity contribution in [2.24, 2.45) is 0 Å². The van der Waals surface area contributed by atoms with Crippen LogP contribution >= 0.6 is 11.3 Å². The lowest BCUT2D eigenvalue weighted by molar-refractivity contribution is 0.000743. The highest BCUT2D eigenvalue weighted by Gasteiger charge is 2.19. The van der Waals surface area contributed by atoms with Crippen LogP contribution in [-0.4, -0.2) is 43.2 Å². The summed E-state index contributed by atoms with van der Waals surface area (Å²) >= 11 is 1.55. The third-order valence-corrected chi connectivity index (χ3v) is 5.34. The summed E-state index contributed by atoms with van der Waals surface area (Å²) in [6.07, 6.45) is 3.30. The Kier molecular flexibility index (Phi) is 5.71. The van der Waals surface area contributed by atoms with Gasteiger partial charge < -0.3 is 20.1 Å². The number of likely N-dealkylation sites (tertiary alicyclic amines) is 1. The highest BCUT2D eigenvalue weighted by atomic mass is 32.1. The molecule has 0 unspecified atom stereocenters. The lowest BCUT2D eigenvalue weighted by Crippen LogP contribution is -2.34. The molecule has 1 aliphatic rings. The maximum absolute atomic E-state index is 6.09. The van der Waals surface area contributed by atoms with Gasteiger partial charge in [0, 0.05) is 24.4 Å². The van der Waals surface area contributed by atoms with Crippen molar-refractivity contribution in [1.82, 2.24) is 9.88 Å². The molecule has 5 nitrogen and oxygen atoms in total. The third kappa shape index (κ3) is 4.47. The summed E-state index contributed by atoms with van der Waals surface area (Å²) < 4.78 is 11.4. The summed E-state index contributed by atoms with van der Waals surface area (Å²) in [5.74, 6) is 0.870. The van der Waals surface area contributed by atoms with E-state index in [1.165, 1.54) is 10.4 Å². The second-order valence-corrected chi connectivity index (χ2v) is 7.38. The van der Waals surface area contributed by atoms with Crippen molar-refractivity contribution in [3.63, 3.8) is 0 Å². The first kappa shape index (κ1) is 17.2. The number of ether oxygens (including phenoxy) is 2. The van der Waals surface area contributed by atoms with E-state index in [1.54, 1.807) is 18.4 Å². The van der Waals surface area contributed by atoms with Crippen molar-refractivity contribution in [1.29, 1.82) is 0 Å². The van der Waals surface area contributed by atoms with Gasteiger partial charge in [-0.25, -0.2) is 4.98 Å². The van der Waals surface area contributed by atoms with E-state index >= 15 is 0 Å². The Bertz CT molecular complexity index is 666. The SMILES string of the molecule is COc1cccc(Cc2sc(N)nc2COC2CCN(C)CC2)c1. The monoisotopic (exact) mass is 347 g/mol. The van der Waals surface area contributed by atoms with E-state index in [4.69, 9.17) is 15.2 Å². The molecule has 1 aromatic carbocycles. The Morgan fingerprint density at radius 2 is 2.12 bits per heavy atom. The van der Waals surface area contributed by atoms with Crippen molar-refractivity contribution in [3.05, 3.63) is 40.4 Å². The zero-order chi connectivity index (χ0) is 16.9. The molecule has 2 N–H and O–H groups in total. The molecule has 24 heavy (non-hydrogen) atoms. The quantitative estimate of drug-likeness (QED) is 0.870. The van der Waals surface area contributed by atoms with Crippen LogP contribution in [0.4, 0.5) is 5.13 Å². The number of methoxy groups -OCH3 is 1. The summed E-state index contributed by atoms with van der Waals surface area (Å²) in [6, 6.07) is 8.11. The van der Waals surface area contributed by atoms with Crippen LogP contribution < -0.4 is 10.5 Å². The van der Waals surface area contributed by atoms with Crippen LogP contribution in [0.2, 0.25) is 0 Å². The predicted molar refractivity (Wildman–Crippen MR) is 97.6 cm³/mol. The molecule has 130 valence electrons. The molecule has 0 spiro atoms. The minimum Gasteiger partial charge on any atom is -0.497 e. The van der Waals surface area contributed by atoms with Gasteiger partial charge in [-0.15, -0.1) is 11.3 Å². The van der Waals surface area contributed by atoms with E-state index in [2.05, 4.69) is 29.1 Å². The number of rotatable bonds is 6. The van der Waals surface area contributed by atoms with Gasteiger partial charge in [-0.2, -0.15) is 0 Å². The first-order chi connectivity index (χ1) is 11.6. The fraction of sp³-hybridized carbons (Fsp3) is 0.500. The van der Waals surface area contributed by atoms with Gasteiger partial charge in [0.1, 0.15) is 5.75 Å². The molecule has 0 saturated carbocycles. The maximum Gasteiger partial charge on any atom is 0.180 e. The van der Waals surface area contributed by atoms with Crippen LogP contribution in [0.3, 0.4) is 0 Å². The molecule has 6 heteroatoms. The Hall–Kier alpha value is -1.63. The van der Waals surface area contributed by atoms with Gasteiger partial charge in [0.25, 0.3) is 0 Å². The van der Waals surface area contributed by atoms with E-state index in [-0.39, 0.29) is 0 Å². The second-order valence-electron chi connectivity index (χ2n) is 6.26. The second kappa shape index (κ2) is 7.96. The number of nitrogens with two attached hydrogens (primary N) is 1. The van der Waals surface area contributed by atoms with Gasteiger partial charge in [-0.1, -0.05) is 12.1 Å². The molecule has 0 bridgehead atoms. The number of nitrogens with zero attached hydrogens (tertiary/aromatic N) is 2. The van der Waals surface area contributed by atoms with Crippen LogP contribution in [0.1, 0.15) is 29.0 Å². The number of hydrogen-bond acceptors (Lipinski definition) is 6. The van der Waals surface area contributed by atoms with Crippen molar-refractivity contribution in [2.45, 2.75) is 32.0 Å². The van der Waals surface area contributed by atoms with Gasteiger partial charge in [0.2, 0.25) is 0 Å². The van der Waals surface area contributed by atoms with E-state index < -0.39 is 0 Å². The molecule has 1 fully saturated rings. The number of nitrogen functional groups attached to an aromatic ring is 1. The fourth-order valence-electron chi connectivity index (χ4n) is 2.97. The summed E-state index contributed by atoms with van der Waals surface area (Å²) in [5.41, 5.74) is 8.10. The normalized spacial score (nSPS) is 16.4. The van der Waals surface area contributed by atoms with Crippen LogP contribution in [0.25, 0.3) is 0 Å². The molecule has 3 rings (SSSR count). The molecular formula is C18H25N3O2S. The van der Waals surface area contributed by atoms with E-state index in [0.29, 0.717) is 17.8 Å². The van der Waals surface area contributed by atoms with Crippen molar-refractivity contribution in [2.75, 3.05) is 33.0 Å². The Labute approximate surface area is 147 Å². The number of benzene rings is 1. The van der Waals surface area contributed by atoms with Gasteiger partial charge in [-0.3, -0.25) is 0 Å². The fourth-order valence-corrected chi connectivity index (χ4v) is 3.84. The minimum atomic E-state index is 0.328.